The number of amides is 1. The predicted molar refractivity (Wildman–Crippen MR) is 91.0 cm³/mol. The minimum Gasteiger partial charge on any atom is -0.445 e. The maximum atomic E-state index is 12.7. The van der Waals surface area contributed by atoms with Crippen LogP contribution >= 0.6 is 0 Å². The lowest BCUT2D eigenvalue weighted by molar-refractivity contribution is 0.0458. The van der Waals surface area contributed by atoms with E-state index in [1.807, 2.05) is 53.4 Å². The van der Waals surface area contributed by atoms with Crippen LogP contribution < -0.4 is 0 Å². The lowest BCUT2D eigenvalue weighted by Gasteiger charge is -2.40. The van der Waals surface area contributed by atoms with Crippen molar-refractivity contribution >= 4 is 6.09 Å². The maximum Gasteiger partial charge on any atom is 0.410 e. The Morgan fingerprint density at radius 1 is 1.04 bits per heavy atom. The van der Waals surface area contributed by atoms with Crippen molar-refractivity contribution in [1.29, 1.82) is 0 Å². The molecule has 2 atom stereocenters. The zero-order valence-corrected chi connectivity index (χ0v) is 13.5. The SMILES string of the molecule is CC1CCCC(c2ccccc2)N1C(=O)OCc1ccccc1. The molecule has 120 valence electrons. The van der Waals surface area contributed by atoms with Crippen molar-refractivity contribution in [3.8, 4) is 0 Å². The van der Waals surface area contributed by atoms with Gasteiger partial charge in [0.2, 0.25) is 0 Å². The monoisotopic (exact) mass is 309 g/mol. The Morgan fingerprint density at radius 2 is 1.70 bits per heavy atom. The van der Waals surface area contributed by atoms with E-state index in [0.717, 1.165) is 24.8 Å². The van der Waals surface area contributed by atoms with E-state index in [2.05, 4.69) is 19.1 Å². The summed E-state index contributed by atoms with van der Waals surface area (Å²) in [6.45, 7) is 2.43. The average molecular weight is 309 g/mol. The molecule has 3 rings (SSSR count). The van der Waals surface area contributed by atoms with Crippen LogP contribution in [0.25, 0.3) is 0 Å². The molecule has 1 heterocycles. The van der Waals surface area contributed by atoms with Gasteiger partial charge in [0.05, 0.1) is 6.04 Å². The molecule has 0 bridgehead atoms. The van der Waals surface area contributed by atoms with E-state index in [9.17, 15) is 4.79 Å². The summed E-state index contributed by atoms with van der Waals surface area (Å²) in [7, 11) is 0. The van der Waals surface area contributed by atoms with Gasteiger partial charge in [-0.2, -0.15) is 0 Å². The van der Waals surface area contributed by atoms with Crippen molar-refractivity contribution in [2.45, 2.75) is 44.9 Å². The van der Waals surface area contributed by atoms with Crippen molar-refractivity contribution in [2.75, 3.05) is 0 Å². The number of ether oxygens (including phenoxy) is 1. The lowest BCUT2D eigenvalue weighted by Crippen LogP contribution is -2.44. The molecule has 1 fully saturated rings. The summed E-state index contributed by atoms with van der Waals surface area (Å²) < 4.78 is 5.58. The Labute approximate surface area is 137 Å². The third-order valence-corrected chi connectivity index (χ3v) is 4.51. The third-order valence-electron chi connectivity index (χ3n) is 4.51. The molecule has 1 aliphatic heterocycles. The van der Waals surface area contributed by atoms with E-state index >= 15 is 0 Å². The number of hydrogen-bond donors (Lipinski definition) is 0. The van der Waals surface area contributed by atoms with Crippen LogP contribution in [0.3, 0.4) is 0 Å². The van der Waals surface area contributed by atoms with Crippen LogP contribution in [0.5, 0.6) is 0 Å². The predicted octanol–water partition coefficient (Wildman–Crippen LogP) is 4.94. The molecule has 1 aliphatic rings. The molecule has 2 aromatic rings. The van der Waals surface area contributed by atoms with Crippen LogP contribution in [0.2, 0.25) is 0 Å². The van der Waals surface area contributed by atoms with E-state index in [4.69, 9.17) is 4.74 Å². The maximum absolute atomic E-state index is 12.7. The van der Waals surface area contributed by atoms with Gasteiger partial charge in [0.1, 0.15) is 6.61 Å². The van der Waals surface area contributed by atoms with Gasteiger partial charge in [0.15, 0.2) is 0 Å². The van der Waals surface area contributed by atoms with E-state index in [-0.39, 0.29) is 18.2 Å². The number of likely N-dealkylation sites (tertiary alicyclic amines) is 1. The number of carbonyl (C=O) groups is 1. The van der Waals surface area contributed by atoms with Crippen LogP contribution in [0.4, 0.5) is 4.79 Å². The lowest BCUT2D eigenvalue weighted by atomic mass is 9.92. The summed E-state index contributed by atoms with van der Waals surface area (Å²) in [5.41, 5.74) is 2.21. The Balaban J connectivity index is 1.72. The van der Waals surface area contributed by atoms with Gasteiger partial charge in [-0.3, -0.25) is 4.90 Å². The number of rotatable bonds is 3. The molecule has 0 aliphatic carbocycles. The molecule has 3 nitrogen and oxygen atoms in total. The van der Waals surface area contributed by atoms with Crippen molar-refractivity contribution in [3.05, 3.63) is 71.8 Å². The first-order valence-corrected chi connectivity index (χ1v) is 8.29. The zero-order chi connectivity index (χ0) is 16.1. The largest absolute Gasteiger partial charge is 0.445 e. The zero-order valence-electron chi connectivity index (χ0n) is 13.5. The number of hydrogen-bond acceptors (Lipinski definition) is 2. The van der Waals surface area contributed by atoms with Crippen LogP contribution in [-0.2, 0) is 11.3 Å². The van der Waals surface area contributed by atoms with Gasteiger partial charge < -0.3 is 4.74 Å². The highest BCUT2D eigenvalue weighted by Crippen LogP contribution is 2.34. The van der Waals surface area contributed by atoms with Crippen LogP contribution in [-0.4, -0.2) is 17.0 Å². The number of nitrogens with zero attached hydrogens (tertiary/aromatic N) is 1. The fourth-order valence-corrected chi connectivity index (χ4v) is 3.30. The Bertz CT molecular complexity index is 627. The van der Waals surface area contributed by atoms with Crippen molar-refractivity contribution in [3.63, 3.8) is 0 Å². The van der Waals surface area contributed by atoms with Crippen LogP contribution in [0, 0.1) is 0 Å². The van der Waals surface area contributed by atoms with Crippen LogP contribution in [0.15, 0.2) is 60.7 Å². The average Bonchev–Trinajstić information content (AvgIpc) is 2.61. The third kappa shape index (κ3) is 3.73. The fourth-order valence-electron chi connectivity index (χ4n) is 3.30. The molecular weight excluding hydrogens is 286 g/mol. The second kappa shape index (κ2) is 7.32. The molecule has 23 heavy (non-hydrogen) atoms. The smallest absolute Gasteiger partial charge is 0.410 e. The molecule has 0 N–H and O–H groups in total. The van der Waals surface area contributed by atoms with Crippen LogP contribution in [0.1, 0.15) is 43.4 Å². The normalized spacial score (nSPS) is 21.0. The van der Waals surface area contributed by atoms with Gasteiger partial charge in [0.25, 0.3) is 0 Å². The summed E-state index contributed by atoms with van der Waals surface area (Å²) >= 11 is 0. The Morgan fingerprint density at radius 3 is 2.39 bits per heavy atom. The van der Waals surface area contributed by atoms with Crippen molar-refractivity contribution in [2.24, 2.45) is 0 Å². The number of piperidine rings is 1. The van der Waals surface area contributed by atoms with E-state index in [0.29, 0.717) is 6.61 Å². The van der Waals surface area contributed by atoms with Gasteiger partial charge >= 0.3 is 6.09 Å². The summed E-state index contributed by atoms with van der Waals surface area (Å²) in [5.74, 6) is 0. The molecule has 2 aromatic carbocycles. The highest BCUT2D eigenvalue weighted by atomic mass is 16.6. The van der Waals surface area contributed by atoms with Gasteiger partial charge in [-0.25, -0.2) is 4.79 Å². The molecular formula is C20H23NO2. The summed E-state index contributed by atoms with van der Waals surface area (Å²) in [6, 6.07) is 20.4. The number of benzene rings is 2. The minimum absolute atomic E-state index is 0.114. The molecule has 1 saturated heterocycles. The topological polar surface area (TPSA) is 29.5 Å². The summed E-state index contributed by atoms with van der Waals surface area (Å²) in [4.78, 5) is 14.6. The molecule has 0 saturated carbocycles. The van der Waals surface area contributed by atoms with E-state index in [1.54, 1.807) is 0 Å². The van der Waals surface area contributed by atoms with E-state index in [1.165, 1.54) is 5.56 Å². The second-order valence-corrected chi connectivity index (χ2v) is 6.15. The molecule has 1 amide bonds. The van der Waals surface area contributed by atoms with E-state index < -0.39 is 0 Å². The quantitative estimate of drug-likeness (QED) is 0.803. The molecule has 2 unspecified atom stereocenters. The first-order chi connectivity index (χ1) is 11.3. The Kier molecular flexibility index (Phi) is 4.96. The van der Waals surface area contributed by atoms with Gasteiger partial charge in [-0.1, -0.05) is 60.7 Å². The van der Waals surface area contributed by atoms with Gasteiger partial charge in [-0.05, 0) is 37.3 Å². The highest BCUT2D eigenvalue weighted by molar-refractivity contribution is 5.69. The summed E-state index contributed by atoms with van der Waals surface area (Å²) in [5, 5.41) is 0. The standard InChI is InChI=1S/C20H23NO2/c1-16-9-8-14-19(18-12-6-3-7-13-18)21(16)20(22)23-15-17-10-4-2-5-11-17/h2-7,10-13,16,19H,8-9,14-15H2,1H3. The second-order valence-electron chi connectivity index (χ2n) is 6.15. The van der Waals surface area contributed by atoms with Crippen molar-refractivity contribution in [1.82, 2.24) is 4.90 Å². The first kappa shape index (κ1) is 15.6. The molecule has 0 aromatic heterocycles. The molecule has 0 spiro atoms. The summed E-state index contributed by atoms with van der Waals surface area (Å²) in [6.07, 6.45) is 2.96. The first-order valence-electron chi connectivity index (χ1n) is 8.29. The number of carbonyl (C=O) groups excluding carboxylic acids is 1. The highest BCUT2D eigenvalue weighted by Gasteiger charge is 2.33. The Hall–Kier alpha value is -2.29. The fraction of sp³-hybridized carbons (Fsp3) is 0.350. The van der Waals surface area contributed by atoms with Gasteiger partial charge in [0, 0.05) is 6.04 Å². The van der Waals surface area contributed by atoms with Crippen molar-refractivity contribution < 1.29 is 9.53 Å². The minimum atomic E-state index is -0.213. The molecule has 3 heteroatoms. The van der Waals surface area contributed by atoms with Gasteiger partial charge in [-0.15, -0.1) is 0 Å². The molecule has 0 radical (unpaired) electrons.